The van der Waals surface area contributed by atoms with Crippen LogP contribution < -0.4 is 4.90 Å². The van der Waals surface area contributed by atoms with Crippen LogP contribution in [0, 0.1) is 5.82 Å². The highest BCUT2D eigenvalue weighted by molar-refractivity contribution is 6.07. The lowest BCUT2D eigenvalue weighted by molar-refractivity contribution is 0.0696. The second-order valence-corrected chi connectivity index (χ2v) is 6.53. The minimum Gasteiger partial charge on any atom is -0.478 e. The Morgan fingerprint density at radius 2 is 1.69 bits per heavy atom. The number of carbonyl (C=O) groups excluding carboxylic acids is 1. The molecular formula is C22H16FN3O3. The Hall–Kier alpha value is -4.00. The summed E-state index contributed by atoms with van der Waals surface area (Å²) in [6, 6.07) is 17.4. The number of halogens is 1. The van der Waals surface area contributed by atoms with E-state index in [0.29, 0.717) is 27.9 Å². The summed E-state index contributed by atoms with van der Waals surface area (Å²) < 4.78 is 14.2. The molecule has 0 saturated carbocycles. The van der Waals surface area contributed by atoms with E-state index in [9.17, 15) is 14.0 Å². The van der Waals surface area contributed by atoms with Crippen molar-refractivity contribution in [2.24, 2.45) is 0 Å². The average Bonchev–Trinajstić information content (AvgIpc) is 3.16. The van der Waals surface area contributed by atoms with E-state index in [4.69, 9.17) is 5.11 Å². The van der Waals surface area contributed by atoms with Gasteiger partial charge in [-0.25, -0.2) is 9.18 Å². The normalized spacial score (nSPS) is 10.8. The van der Waals surface area contributed by atoms with E-state index in [-0.39, 0.29) is 17.3 Å². The van der Waals surface area contributed by atoms with Crippen molar-refractivity contribution in [3.05, 3.63) is 83.7 Å². The lowest BCUT2D eigenvalue weighted by Crippen LogP contribution is -2.26. The number of fused-ring (bicyclic) bond motifs is 1. The summed E-state index contributed by atoms with van der Waals surface area (Å²) >= 11 is 0. The summed E-state index contributed by atoms with van der Waals surface area (Å²) in [6.07, 6.45) is 0. The maximum atomic E-state index is 14.2. The first kappa shape index (κ1) is 18.4. The largest absolute Gasteiger partial charge is 0.478 e. The van der Waals surface area contributed by atoms with Crippen molar-refractivity contribution in [2.75, 3.05) is 11.9 Å². The van der Waals surface area contributed by atoms with E-state index in [0.717, 1.165) is 5.52 Å². The van der Waals surface area contributed by atoms with Gasteiger partial charge in [0.2, 0.25) is 0 Å². The number of aromatic carboxylic acids is 1. The zero-order valence-corrected chi connectivity index (χ0v) is 15.4. The highest BCUT2D eigenvalue weighted by Crippen LogP contribution is 2.31. The highest BCUT2D eigenvalue weighted by atomic mass is 19.1. The predicted molar refractivity (Wildman–Crippen MR) is 108 cm³/mol. The number of aromatic nitrogens is 2. The van der Waals surface area contributed by atoms with Crippen LogP contribution in [0.3, 0.4) is 0 Å². The maximum Gasteiger partial charge on any atom is 0.335 e. The zero-order chi connectivity index (χ0) is 20.5. The second-order valence-electron chi connectivity index (χ2n) is 6.53. The fourth-order valence-corrected chi connectivity index (χ4v) is 3.14. The Bertz CT molecular complexity index is 1230. The van der Waals surface area contributed by atoms with Crippen LogP contribution in [0.5, 0.6) is 0 Å². The van der Waals surface area contributed by atoms with Gasteiger partial charge in [0.15, 0.2) is 0 Å². The van der Waals surface area contributed by atoms with Gasteiger partial charge in [-0.1, -0.05) is 12.1 Å². The van der Waals surface area contributed by atoms with E-state index < -0.39 is 5.97 Å². The van der Waals surface area contributed by atoms with Gasteiger partial charge >= 0.3 is 5.97 Å². The van der Waals surface area contributed by atoms with Gasteiger partial charge in [0, 0.05) is 29.2 Å². The Morgan fingerprint density at radius 3 is 2.38 bits per heavy atom. The van der Waals surface area contributed by atoms with Gasteiger partial charge in [-0.05, 0) is 54.6 Å². The molecule has 0 radical (unpaired) electrons. The lowest BCUT2D eigenvalue weighted by Gasteiger charge is -2.18. The van der Waals surface area contributed by atoms with Crippen molar-refractivity contribution < 1.29 is 19.1 Å². The van der Waals surface area contributed by atoms with Crippen molar-refractivity contribution in [1.29, 1.82) is 0 Å². The molecule has 29 heavy (non-hydrogen) atoms. The molecule has 1 amide bonds. The third-order valence-corrected chi connectivity index (χ3v) is 4.75. The van der Waals surface area contributed by atoms with Crippen LogP contribution >= 0.6 is 0 Å². The fraction of sp³-hybridized carbons (Fsp3) is 0.0455. The quantitative estimate of drug-likeness (QED) is 0.544. The van der Waals surface area contributed by atoms with Crippen LogP contribution in [0.25, 0.3) is 22.2 Å². The highest BCUT2D eigenvalue weighted by Gasteiger charge is 2.17. The number of amides is 1. The number of carboxylic acid groups (broad SMARTS) is 1. The SMILES string of the molecule is CN(C(=O)c1ccc(C(=O)O)cc1)c1ccc2[nH]nc(-c3ccccc3F)c2c1. The third-order valence-electron chi connectivity index (χ3n) is 4.75. The van der Waals surface area contributed by atoms with Crippen LogP contribution in [0.4, 0.5) is 10.1 Å². The Kier molecular flexibility index (Phi) is 4.56. The van der Waals surface area contributed by atoms with Crippen molar-refractivity contribution in [3.63, 3.8) is 0 Å². The minimum atomic E-state index is -1.05. The minimum absolute atomic E-state index is 0.110. The number of H-pyrrole nitrogens is 1. The molecule has 0 saturated heterocycles. The van der Waals surface area contributed by atoms with Crippen molar-refractivity contribution >= 4 is 28.5 Å². The molecule has 1 heterocycles. The monoisotopic (exact) mass is 389 g/mol. The van der Waals surface area contributed by atoms with Gasteiger partial charge in [0.05, 0.1) is 11.1 Å². The van der Waals surface area contributed by atoms with Crippen molar-refractivity contribution in [1.82, 2.24) is 10.2 Å². The Labute approximate surface area is 165 Å². The second kappa shape index (κ2) is 7.20. The summed E-state index contributed by atoms with van der Waals surface area (Å²) in [4.78, 5) is 25.2. The number of hydrogen-bond donors (Lipinski definition) is 2. The molecule has 4 aromatic rings. The summed E-state index contributed by atoms with van der Waals surface area (Å²) in [5, 5.41) is 16.8. The van der Waals surface area contributed by atoms with Crippen molar-refractivity contribution in [3.8, 4) is 11.3 Å². The molecule has 3 aromatic carbocycles. The first-order valence-electron chi connectivity index (χ1n) is 8.80. The number of hydrogen-bond acceptors (Lipinski definition) is 3. The van der Waals surface area contributed by atoms with E-state index >= 15 is 0 Å². The first-order chi connectivity index (χ1) is 14.0. The maximum absolute atomic E-state index is 14.2. The summed E-state index contributed by atoms with van der Waals surface area (Å²) in [7, 11) is 1.62. The molecule has 0 aliphatic carbocycles. The molecule has 144 valence electrons. The molecule has 0 bridgehead atoms. The molecule has 0 aliphatic heterocycles. The molecule has 0 unspecified atom stereocenters. The third kappa shape index (κ3) is 3.34. The number of anilines is 1. The molecule has 4 rings (SSSR count). The number of nitrogens with one attached hydrogen (secondary N) is 1. The predicted octanol–water partition coefficient (Wildman–Crippen LogP) is 4.34. The topological polar surface area (TPSA) is 86.3 Å². The molecular weight excluding hydrogens is 373 g/mol. The first-order valence-corrected chi connectivity index (χ1v) is 8.80. The summed E-state index contributed by atoms with van der Waals surface area (Å²) in [5.74, 6) is -1.73. The molecule has 0 atom stereocenters. The number of carbonyl (C=O) groups is 2. The number of rotatable bonds is 4. The standard InChI is InChI=1S/C22H16FN3O3/c1-26(21(27)13-6-8-14(9-7-13)22(28)29)15-10-11-19-17(12-15)20(25-24-19)16-4-2-3-5-18(16)23/h2-12H,1H3,(H,24,25)(H,28,29). The van der Waals surface area contributed by atoms with Crippen LogP contribution in [0.15, 0.2) is 66.7 Å². The van der Waals surface area contributed by atoms with Gasteiger partial charge in [0.1, 0.15) is 11.5 Å². The van der Waals surface area contributed by atoms with Gasteiger partial charge in [-0.2, -0.15) is 5.10 Å². The molecule has 7 heteroatoms. The number of aromatic amines is 1. The average molecular weight is 389 g/mol. The van der Waals surface area contributed by atoms with Gasteiger partial charge in [-0.3, -0.25) is 9.89 Å². The van der Waals surface area contributed by atoms with E-state index in [2.05, 4.69) is 10.2 Å². The van der Waals surface area contributed by atoms with E-state index in [1.807, 2.05) is 0 Å². The fourth-order valence-electron chi connectivity index (χ4n) is 3.14. The molecule has 0 fully saturated rings. The number of carboxylic acids is 1. The number of nitrogens with zero attached hydrogens (tertiary/aromatic N) is 2. The van der Waals surface area contributed by atoms with Gasteiger partial charge in [0.25, 0.3) is 5.91 Å². The van der Waals surface area contributed by atoms with Crippen molar-refractivity contribution in [2.45, 2.75) is 0 Å². The van der Waals surface area contributed by atoms with E-state index in [1.54, 1.807) is 43.4 Å². The molecule has 1 aromatic heterocycles. The van der Waals surface area contributed by atoms with E-state index in [1.165, 1.54) is 35.2 Å². The molecule has 0 aliphatic rings. The molecule has 6 nitrogen and oxygen atoms in total. The Morgan fingerprint density at radius 1 is 1.00 bits per heavy atom. The van der Waals surface area contributed by atoms with Crippen LogP contribution in [0.2, 0.25) is 0 Å². The van der Waals surface area contributed by atoms with Crippen LogP contribution in [0.1, 0.15) is 20.7 Å². The van der Waals surface area contributed by atoms with Gasteiger partial charge < -0.3 is 10.0 Å². The molecule has 2 N–H and O–H groups in total. The zero-order valence-electron chi connectivity index (χ0n) is 15.4. The summed E-state index contributed by atoms with van der Waals surface area (Å²) in [6.45, 7) is 0. The lowest BCUT2D eigenvalue weighted by atomic mass is 10.1. The smallest absolute Gasteiger partial charge is 0.335 e. The van der Waals surface area contributed by atoms with Crippen LogP contribution in [-0.4, -0.2) is 34.2 Å². The van der Waals surface area contributed by atoms with Crippen LogP contribution in [-0.2, 0) is 0 Å². The molecule has 0 spiro atoms. The Balaban J connectivity index is 1.70. The van der Waals surface area contributed by atoms with Gasteiger partial charge in [-0.15, -0.1) is 0 Å². The summed E-state index contributed by atoms with van der Waals surface area (Å²) in [5.41, 5.74) is 2.63. The number of benzene rings is 3.